The summed E-state index contributed by atoms with van der Waals surface area (Å²) in [6.07, 6.45) is 4.14. The number of methoxy groups -OCH3 is 1. The molecule has 5 heteroatoms. The van der Waals surface area contributed by atoms with E-state index in [9.17, 15) is 4.79 Å². The number of nitrogens with zero attached hydrogens (tertiary/aromatic N) is 2. The summed E-state index contributed by atoms with van der Waals surface area (Å²) in [4.78, 5) is 18.1. The van der Waals surface area contributed by atoms with Crippen LogP contribution in [0.4, 0.5) is 5.69 Å². The summed E-state index contributed by atoms with van der Waals surface area (Å²) >= 11 is 0. The maximum atomic E-state index is 13.2. The van der Waals surface area contributed by atoms with E-state index in [1.165, 1.54) is 23.9 Å². The molecule has 1 spiro atoms. The van der Waals surface area contributed by atoms with Gasteiger partial charge in [0.15, 0.2) is 5.72 Å². The summed E-state index contributed by atoms with van der Waals surface area (Å²) < 4.78 is 12.2. The van der Waals surface area contributed by atoms with Gasteiger partial charge < -0.3 is 14.4 Å². The van der Waals surface area contributed by atoms with Gasteiger partial charge in [-0.25, -0.2) is 0 Å². The van der Waals surface area contributed by atoms with E-state index in [-0.39, 0.29) is 29.4 Å². The molecule has 0 radical (unpaired) electrons. The number of hydrogen-bond donors (Lipinski definition) is 0. The van der Waals surface area contributed by atoms with Crippen molar-refractivity contribution in [3.05, 3.63) is 41.5 Å². The third-order valence-electron chi connectivity index (χ3n) is 8.00. The van der Waals surface area contributed by atoms with Gasteiger partial charge in [0.05, 0.1) is 24.5 Å². The number of likely N-dealkylation sites (N-methyl/N-ethyl adjacent to an activating group) is 1. The zero-order chi connectivity index (χ0) is 17.8. The number of allylic oxidation sites excluding steroid dienone is 1. The molecule has 6 atom stereocenters. The van der Waals surface area contributed by atoms with Crippen molar-refractivity contribution in [3.8, 4) is 0 Å². The number of ether oxygens (including phenoxy) is 2. The lowest BCUT2D eigenvalue weighted by molar-refractivity contribution is -0.162. The lowest BCUT2D eigenvalue weighted by Crippen LogP contribution is -2.75. The van der Waals surface area contributed by atoms with Crippen molar-refractivity contribution in [2.24, 2.45) is 11.8 Å². The molecule has 1 aromatic carbocycles. The first-order valence-electron chi connectivity index (χ1n) is 9.60. The van der Waals surface area contributed by atoms with Crippen LogP contribution in [0, 0.1) is 11.8 Å². The summed E-state index contributed by atoms with van der Waals surface area (Å²) in [6, 6.07) is 8.89. The van der Waals surface area contributed by atoms with Gasteiger partial charge in [0.25, 0.3) is 0 Å². The van der Waals surface area contributed by atoms with Crippen LogP contribution in [0.3, 0.4) is 0 Å². The van der Waals surface area contributed by atoms with Gasteiger partial charge in [-0.05, 0) is 30.9 Å². The molecule has 4 heterocycles. The summed E-state index contributed by atoms with van der Waals surface area (Å²) in [7, 11) is 3.67. The Kier molecular flexibility index (Phi) is 2.65. The predicted molar refractivity (Wildman–Crippen MR) is 96.6 cm³/mol. The Labute approximate surface area is 153 Å². The average molecular weight is 352 g/mol. The second-order valence-electron chi connectivity index (χ2n) is 8.42. The van der Waals surface area contributed by atoms with Crippen LogP contribution in [0.25, 0.3) is 0 Å². The molecule has 3 saturated heterocycles. The van der Waals surface area contributed by atoms with Gasteiger partial charge in [0.1, 0.15) is 6.23 Å². The monoisotopic (exact) mass is 352 g/mol. The first-order chi connectivity index (χ1) is 12.6. The number of para-hydroxylation sites is 1. The Hall–Kier alpha value is -1.85. The van der Waals surface area contributed by atoms with E-state index in [0.29, 0.717) is 6.04 Å². The normalized spacial score (nSPS) is 46.0. The third-order valence-corrected chi connectivity index (χ3v) is 8.00. The summed E-state index contributed by atoms with van der Waals surface area (Å²) in [5, 5.41) is 0. The minimum Gasteiger partial charge on any atom is -0.469 e. The SMILES string of the molecule is CC=C1CN2C3CC45c6ccccc6N(C)C4(O3)C2CC1C5C(=O)OC. The van der Waals surface area contributed by atoms with Crippen LogP contribution >= 0.6 is 0 Å². The maximum absolute atomic E-state index is 13.2. The van der Waals surface area contributed by atoms with Gasteiger partial charge in [-0.3, -0.25) is 9.69 Å². The van der Waals surface area contributed by atoms with Gasteiger partial charge in [0.2, 0.25) is 0 Å². The van der Waals surface area contributed by atoms with Gasteiger partial charge in [0, 0.05) is 25.7 Å². The molecule has 5 nitrogen and oxygen atoms in total. The van der Waals surface area contributed by atoms with E-state index in [4.69, 9.17) is 9.47 Å². The molecule has 0 amide bonds. The smallest absolute Gasteiger partial charge is 0.310 e. The average Bonchev–Trinajstić information content (AvgIpc) is 3.26. The number of piperidine rings is 2. The van der Waals surface area contributed by atoms with Crippen LogP contribution in [0.15, 0.2) is 35.9 Å². The van der Waals surface area contributed by atoms with E-state index in [1.54, 1.807) is 0 Å². The molecular weight excluding hydrogens is 328 g/mol. The Morgan fingerprint density at radius 1 is 1.38 bits per heavy atom. The zero-order valence-corrected chi connectivity index (χ0v) is 15.4. The number of rotatable bonds is 1. The fourth-order valence-corrected chi connectivity index (χ4v) is 7.23. The number of carbonyl (C=O) groups excluding carboxylic acids is 1. The van der Waals surface area contributed by atoms with Crippen LogP contribution < -0.4 is 4.90 Å². The van der Waals surface area contributed by atoms with E-state index in [0.717, 1.165) is 19.4 Å². The predicted octanol–water partition coefficient (Wildman–Crippen LogP) is 2.27. The molecule has 1 saturated carbocycles. The highest BCUT2D eigenvalue weighted by Crippen LogP contribution is 2.73. The van der Waals surface area contributed by atoms with E-state index >= 15 is 0 Å². The van der Waals surface area contributed by atoms with Crippen molar-refractivity contribution in [2.45, 2.75) is 43.2 Å². The van der Waals surface area contributed by atoms with Gasteiger partial charge >= 0.3 is 5.97 Å². The number of anilines is 1. The van der Waals surface area contributed by atoms with Crippen molar-refractivity contribution in [1.82, 2.24) is 4.90 Å². The van der Waals surface area contributed by atoms with Gasteiger partial charge in [-0.2, -0.15) is 0 Å². The number of fused-ring (bicyclic) bond motifs is 4. The molecule has 4 bridgehead atoms. The quantitative estimate of drug-likeness (QED) is 0.573. The molecule has 26 heavy (non-hydrogen) atoms. The molecule has 1 aromatic rings. The molecule has 4 fully saturated rings. The summed E-state index contributed by atoms with van der Waals surface area (Å²) in [6.45, 7) is 3.01. The highest BCUT2D eigenvalue weighted by molar-refractivity contribution is 5.81. The maximum Gasteiger partial charge on any atom is 0.310 e. The minimum atomic E-state index is -0.448. The summed E-state index contributed by atoms with van der Waals surface area (Å²) in [5.41, 5.74) is 3.07. The Morgan fingerprint density at radius 3 is 2.96 bits per heavy atom. The lowest BCUT2D eigenvalue weighted by Gasteiger charge is -2.61. The van der Waals surface area contributed by atoms with Crippen molar-refractivity contribution in [2.75, 3.05) is 25.6 Å². The van der Waals surface area contributed by atoms with Crippen LogP contribution in [0.2, 0.25) is 0 Å². The van der Waals surface area contributed by atoms with Crippen LogP contribution in [0.1, 0.15) is 25.3 Å². The van der Waals surface area contributed by atoms with Crippen molar-refractivity contribution in [1.29, 1.82) is 0 Å². The second-order valence-corrected chi connectivity index (χ2v) is 8.42. The largest absolute Gasteiger partial charge is 0.469 e. The van der Waals surface area contributed by atoms with Gasteiger partial charge in [-0.1, -0.05) is 29.8 Å². The first-order valence-corrected chi connectivity index (χ1v) is 9.60. The highest BCUT2D eigenvalue weighted by atomic mass is 16.6. The van der Waals surface area contributed by atoms with Crippen LogP contribution in [0.5, 0.6) is 0 Å². The van der Waals surface area contributed by atoms with E-state index < -0.39 is 5.72 Å². The Balaban J connectivity index is 1.69. The number of esters is 1. The molecule has 4 aliphatic heterocycles. The topological polar surface area (TPSA) is 42.0 Å². The zero-order valence-electron chi connectivity index (χ0n) is 15.4. The highest BCUT2D eigenvalue weighted by Gasteiger charge is 2.83. The standard InChI is InChI=1S/C21H24N2O3/c1-4-12-11-23-16-9-13(12)18(19(24)25-3)20-10-17(23)26-21(16,20)22(2)15-8-6-5-7-14(15)20/h4-8,13,16-18H,9-11H2,1-3H3. The van der Waals surface area contributed by atoms with Crippen molar-refractivity contribution < 1.29 is 14.3 Å². The van der Waals surface area contributed by atoms with Gasteiger partial charge in [-0.15, -0.1) is 0 Å². The molecule has 136 valence electrons. The molecular formula is C21H24N2O3. The molecule has 0 N–H and O–H groups in total. The van der Waals surface area contributed by atoms with Crippen LogP contribution in [-0.2, 0) is 19.7 Å². The third kappa shape index (κ3) is 1.28. The second kappa shape index (κ2) is 4.52. The van der Waals surface area contributed by atoms with Crippen molar-refractivity contribution >= 4 is 11.7 Å². The number of benzene rings is 1. The van der Waals surface area contributed by atoms with Crippen LogP contribution in [-0.4, -0.2) is 49.6 Å². The lowest BCUT2D eigenvalue weighted by atomic mass is 9.49. The number of carbonyl (C=O) groups is 1. The molecule has 5 aliphatic rings. The number of hydrogen-bond acceptors (Lipinski definition) is 5. The van der Waals surface area contributed by atoms with E-state index in [1.807, 2.05) is 0 Å². The fraction of sp³-hybridized carbons (Fsp3) is 0.571. The Bertz CT molecular complexity index is 867. The van der Waals surface area contributed by atoms with E-state index in [2.05, 4.69) is 54.1 Å². The Morgan fingerprint density at radius 2 is 2.19 bits per heavy atom. The minimum absolute atomic E-state index is 0.0816. The summed E-state index contributed by atoms with van der Waals surface area (Å²) in [5.74, 6) is -0.0283. The molecule has 1 aliphatic carbocycles. The fourth-order valence-electron chi connectivity index (χ4n) is 7.23. The molecule has 6 unspecified atom stereocenters. The first kappa shape index (κ1) is 15.2. The van der Waals surface area contributed by atoms with Crippen molar-refractivity contribution in [3.63, 3.8) is 0 Å². The molecule has 0 aromatic heterocycles. The molecule has 6 rings (SSSR count).